The van der Waals surface area contributed by atoms with Crippen LogP contribution in [0.3, 0.4) is 0 Å². The molecule has 0 bridgehead atoms. The number of rotatable bonds is 6. The Balaban J connectivity index is 1.30. The molecule has 0 radical (unpaired) electrons. The van der Waals surface area contributed by atoms with E-state index < -0.39 is 24.2 Å². The van der Waals surface area contributed by atoms with Crippen molar-refractivity contribution >= 4 is 23.1 Å². The number of hydrogen-bond donors (Lipinski definition) is 1. The maximum absolute atomic E-state index is 13.1. The third kappa shape index (κ3) is 3.71. The molecule has 31 heavy (non-hydrogen) atoms. The molecular formula is C19H21F3N8O. The maximum Gasteiger partial charge on any atom is 0.284 e. The van der Waals surface area contributed by atoms with E-state index in [0.29, 0.717) is 30.5 Å². The predicted octanol–water partition coefficient (Wildman–Crippen LogP) is 1.74. The molecule has 5 heterocycles. The number of fused-ring (bicyclic) bond motifs is 1. The van der Waals surface area contributed by atoms with Gasteiger partial charge in [0.1, 0.15) is 17.6 Å². The number of halogens is 3. The minimum atomic E-state index is -2.81. The molecular weight excluding hydrogens is 413 g/mol. The largest absolute Gasteiger partial charge is 0.356 e. The molecule has 2 aliphatic heterocycles. The number of likely N-dealkylation sites (tertiary alicyclic amines) is 1. The van der Waals surface area contributed by atoms with Crippen LogP contribution in [0.5, 0.6) is 0 Å². The van der Waals surface area contributed by atoms with Crippen LogP contribution >= 0.6 is 0 Å². The summed E-state index contributed by atoms with van der Waals surface area (Å²) < 4.78 is 41.9. The highest BCUT2D eigenvalue weighted by atomic mass is 19.3. The molecule has 3 aromatic rings. The summed E-state index contributed by atoms with van der Waals surface area (Å²) in [6.45, 7) is 3.51. The summed E-state index contributed by atoms with van der Waals surface area (Å²) >= 11 is 0. The first-order chi connectivity index (χ1) is 14.9. The van der Waals surface area contributed by atoms with E-state index in [0.717, 1.165) is 19.6 Å². The fourth-order valence-electron chi connectivity index (χ4n) is 4.04. The van der Waals surface area contributed by atoms with Crippen LogP contribution < -0.4 is 10.2 Å². The zero-order chi connectivity index (χ0) is 21.7. The van der Waals surface area contributed by atoms with Gasteiger partial charge in [-0.2, -0.15) is 10.2 Å². The van der Waals surface area contributed by atoms with Crippen molar-refractivity contribution < 1.29 is 18.0 Å². The fraction of sp³-hybridized carbons (Fsp3) is 0.474. The van der Waals surface area contributed by atoms with Crippen LogP contribution in [0.2, 0.25) is 0 Å². The average molecular weight is 434 g/mol. The lowest BCUT2D eigenvalue weighted by atomic mass is 9.97. The number of anilines is 2. The lowest BCUT2D eigenvalue weighted by Crippen LogP contribution is -2.57. The Kier molecular flexibility index (Phi) is 4.80. The number of amides is 1. The molecule has 0 aromatic carbocycles. The minimum absolute atomic E-state index is 0.0508. The molecule has 2 aliphatic rings. The van der Waals surface area contributed by atoms with Gasteiger partial charge in [0.15, 0.2) is 11.3 Å². The first-order valence-electron chi connectivity index (χ1n) is 9.96. The lowest BCUT2D eigenvalue weighted by molar-refractivity contribution is 0.0473. The van der Waals surface area contributed by atoms with Gasteiger partial charge in [0.25, 0.3) is 12.3 Å². The second-order valence-electron chi connectivity index (χ2n) is 8.06. The van der Waals surface area contributed by atoms with E-state index in [1.54, 1.807) is 6.20 Å². The third-order valence-corrected chi connectivity index (χ3v) is 5.62. The Labute approximate surface area is 175 Å². The van der Waals surface area contributed by atoms with E-state index >= 15 is 0 Å². The van der Waals surface area contributed by atoms with Gasteiger partial charge in [-0.1, -0.05) is 0 Å². The summed E-state index contributed by atoms with van der Waals surface area (Å²) in [5, 5.41) is 10.3. The molecule has 0 aliphatic carbocycles. The van der Waals surface area contributed by atoms with Gasteiger partial charge in [-0.25, -0.2) is 22.7 Å². The first-order valence-corrected chi connectivity index (χ1v) is 9.96. The Hall–Kier alpha value is -3.15. The highest BCUT2D eigenvalue weighted by Crippen LogP contribution is 2.28. The molecule has 0 atom stereocenters. The molecule has 164 valence electrons. The highest BCUT2D eigenvalue weighted by molar-refractivity contribution is 6.08. The van der Waals surface area contributed by atoms with Crippen LogP contribution in [0, 0.1) is 5.92 Å². The molecule has 1 amide bonds. The molecule has 5 rings (SSSR count). The SMILES string of the molecule is Cn1cc(NC(=O)c2cnn3ccc(N4CC(CN5CC(F)C5)C4)nc23)c(C(F)F)n1. The molecule has 0 spiro atoms. The van der Waals surface area contributed by atoms with Crippen molar-refractivity contribution in [3.63, 3.8) is 0 Å². The van der Waals surface area contributed by atoms with E-state index in [9.17, 15) is 18.0 Å². The topological polar surface area (TPSA) is 83.6 Å². The van der Waals surface area contributed by atoms with E-state index in [1.165, 1.54) is 28.6 Å². The van der Waals surface area contributed by atoms with Crippen molar-refractivity contribution in [3.05, 3.63) is 35.9 Å². The molecule has 0 saturated carbocycles. The smallest absolute Gasteiger partial charge is 0.284 e. The number of nitrogens with one attached hydrogen (secondary N) is 1. The van der Waals surface area contributed by atoms with Crippen LogP contribution in [0.4, 0.5) is 24.7 Å². The van der Waals surface area contributed by atoms with Gasteiger partial charge < -0.3 is 10.2 Å². The number of hydrogen-bond acceptors (Lipinski definition) is 6. The lowest BCUT2D eigenvalue weighted by Gasteiger charge is -2.45. The summed E-state index contributed by atoms with van der Waals surface area (Å²) in [4.78, 5) is 21.5. The first kappa shape index (κ1) is 19.8. The Morgan fingerprint density at radius 1 is 1.29 bits per heavy atom. The summed E-state index contributed by atoms with van der Waals surface area (Å²) in [5.74, 6) is 0.575. The Bertz CT molecular complexity index is 1120. The number of carbonyl (C=O) groups excluding carboxylic acids is 1. The zero-order valence-corrected chi connectivity index (χ0v) is 16.7. The normalized spacial score (nSPS) is 17.9. The molecule has 2 fully saturated rings. The van der Waals surface area contributed by atoms with Crippen molar-refractivity contribution in [1.82, 2.24) is 29.3 Å². The van der Waals surface area contributed by atoms with Gasteiger partial charge in [-0.15, -0.1) is 0 Å². The van der Waals surface area contributed by atoms with Crippen LogP contribution in [-0.2, 0) is 7.05 Å². The summed E-state index contributed by atoms with van der Waals surface area (Å²) in [5.41, 5.74) is -0.0273. The Morgan fingerprint density at radius 3 is 2.77 bits per heavy atom. The zero-order valence-electron chi connectivity index (χ0n) is 16.7. The number of alkyl halides is 3. The van der Waals surface area contributed by atoms with E-state index in [4.69, 9.17) is 0 Å². The quantitative estimate of drug-likeness (QED) is 0.637. The van der Waals surface area contributed by atoms with Crippen molar-refractivity contribution in [2.45, 2.75) is 12.6 Å². The van der Waals surface area contributed by atoms with Gasteiger partial charge in [-0.3, -0.25) is 14.4 Å². The fourth-order valence-corrected chi connectivity index (χ4v) is 4.04. The highest BCUT2D eigenvalue weighted by Gasteiger charge is 2.34. The number of nitrogens with zero attached hydrogens (tertiary/aromatic N) is 7. The van der Waals surface area contributed by atoms with E-state index in [2.05, 4.69) is 30.3 Å². The van der Waals surface area contributed by atoms with E-state index in [1.807, 2.05) is 6.07 Å². The van der Waals surface area contributed by atoms with Gasteiger partial charge in [0.05, 0.1) is 11.9 Å². The predicted molar refractivity (Wildman–Crippen MR) is 106 cm³/mol. The standard InChI is InChI=1S/C19H21F3N8O/c1-27-10-14(16(26-27)17(21)22)24-19(31)13-4-23-30-3-2-15(25-18(13)30)29-6-11(7-29)5-28-8-12(20)9-28/h2-4,10-12,17H,5-9H2,1H3,(H,24,31). The van der Waals surface area contributed by atoms with Gasteiger partial charge >= 0.3 is 0 Å². The number of aromatic nitrogens is 5. The van der Waals surface area contributed by atoms with Gasteiger partial charge in [-0.05, 0) is 6.07 Å². The second kappa shape index (κ2) is 7.52. The summed E-state index contributed by atoms with van der Waals surface area (Å²) in [6.07, 6.45) is 0.884. The average Bonchev–Trinajstić information content (AvgIpc) is 3.25. The Morgan fingerprint density at radius 2 is 2.06 bits per heavy atom. The van der Waals surface area contributed by atoms with Crippen LogP contribution in [0.15, 0.2) is 24.7 Å². The number of carbonyl (C=O) groups is 1. The molecule has 3 aromatic heterocycles. The van der Waals surface area contributed by atoms with Crippen LogP contribution in [-0.4, -0.2) is 74.1 Å². The molecule has 2 saturated heterocycles. The van der Waals surface area contributed by atoms with Crippen molar-refractivity contribution in [2.24, 2.45) is 13.0 Å². The van der Waals surface area contributed by atoms with Crippen LogP contribution in [0.25, 0.3) is 5.65 Å². The van der Waals surface area contributed by atoms with Crippen molar-refractivity contribution in [3.8, 4) is 0 Å². The molecule has 9 nitrogen and oxygen atoms in total. The maximum atomic E-state index is 13.1. The molecule has 12 heteroatoms. The van der Waals surface area contributed by atoms with Gasteiger partial charge in [0.2, 0.25) is 0 Å². The monoisotopic (exact) mass is 434 g/mol. The van der Waals surface area contributed by atoms with Crippen LogP contribution in [0.1, 0.15) is 22.5 Å². The molecule has 0 unspecified atom stereocenters. The third-order valence-electron chi connectivity index (χ3n) is 5.62. The van der Waals surface area contributed by atoms with Gasteiger partial charge in [0, 0.05) is 58.1 Å². The van der Waals surface area contributed by atoms with E-state index in [-0.39, 0.29) is 11.3 Å². The summed E-state index contributed by atoms with van der Waals surface area (Å²) in [7, 11) is 1.50. The number of aryl methyl sites for hydroxylation is 1. The summed E-state index contributed by atoms with van der Waals surface area (Å²) in [6, 6.07) is 1.81. The van der Waals surface area contributed by atoms with Crippen molar-refractivity contribution in [2.75, 3.05) is 42.9 Å². The molecule has 1 N–H and O–H groups in total. The minimum Gasteiger partial charge on any atom is -0.356 e. The second-order valence-corrected chi connectivity index (χ2v) is 8.06. The van der Waals surface area contributed by atoms with Crippen molar-refractivity contribution in [1.29, 1.82) is 0 Å².